The first-order valence-corrected chi connectivity index (χ1v) is 10.4. The number of unbranched alkanes of at least 4 members (excludes halogenated alkanes) is 5. The lowest BCUT2D eigenvalue weighted by atomic mass is 10.1. The topological polar surface area (TPSA) is 59.4 Å². The van der Waals surface area contributed by atoms with Crippen LogP contribution in [0, 0.1) is 0 Å². The van der Waals surface area contributed by atoms with Crippen LogP contribution >= 0.6 is 12.6 Å². The molecule has 0 unspecified atom stereocenters. The number of pyridine rings is 1. The van der Waals surface area contributed by atoms with Crippen molar-refractivity contribution in [3.63, 3.8) is 0 Å². The van der Waals surface area contributed by atoms with Crippen molar-refractivity contribution < 1.29 is 14.6 Å². The highest BCUT2D eigenvalue weighted by atomic mass is 32.1. The molecule has 1 N–H and O–H groups in total. The van der Waals surface area contributed by atoms with Crippen LogP contribution in [0.15, 0.2) is 48.5 Å². The Balaban J connectivity index is 1.63. The van der Waals surface area contributed by atoms with Gasteiger partial charge in [-0.1, -0.05) is 68.6 Å². The number of nitrogens with zero attached hydrogens (tertiary/aromatic N) is 1. The molecule has 1 radical (unpaired) electrons. The van der Waals surface area contributed by atoms with Gasteiger partial charge in [-0.15, -0.1) is 0 Å². The molecule has 0 aliphatic rings. The van der Waals surface area contributed by atoms with E-state index in [-0.39, 0.29) is 0 Å². The molecule has 0 saturated carbocycles. The molecule has 0 amide bonds. The highest BCUT2D eigenvalue weighted by molar-refractivity contribution is 7.79. The monoisotopic (exact) mass is 398 g/mol. The molecule has 2 aromatic rings. The fourth-order valence-electron chi connectivity index (χ4n) is 2.94. The third-order valence-corrected chi connectivity index (χ3v) is 4.73. The molecule has 0 bridgehead atoms. The lowest BCUT2D eigenvalue weighted by molar-refractivity contribution is -0.131. The van der Waals surface area contributed by atoms with Gasteiger partial charge in [0.25, 0.3) is 0 Å². The highest BCUT2D eigenvalue weighted by Crippen LogP contribution is 2.20. The van der Waals surface area contributed by atoms with Gasteiger partial charge in [0.1, 0.15) is 11.4 Å². The van der Waals surface area contributed by atoms with Gasteiger partial charge in [-0.3, -0.25) is 0 Å². The van der Waals surface area contributed by atoms with Gasteiger partial charge in [-0.2, -0.15) is 0 Å². The Kier molecular flexibility index (Phi) is 10.2. The lowest BCUT2D eigenvalue weighted by Gasteiger charge is -2.10. The molecule has 5 heteroatoms. The third kappa shape index (κ3) is 8.61. The summed E-state index contributed by atoms with van der Waals surface area (Å²) in [6.45, 7) is 0.604. The number of carboxylic acid groups (broad SMARTS) is 1. The van der Waals surface area contributed by atoms with E-state index < -0.39 is 5.97 Å². The molecular weight excluding hydrogens is 370 g/mol. The number of aromatic nitrogens is 1. The van der Waals surface area contributed by atoms with Gasteiger partial charge in [0, 0.05) is 11.8 Å². The molecule has 149 valence electrons. The molecule has 0 saturated heterocycles. The molecule has 28 heavy (non-hydrogen) atoms. The second kappa shape index (κ2) is 13.0. The summed E-state index contributed by atoms with van der Waals surface area (Å²) in [5.41, 5.74) is 2.67. The Morgan fingerprint density at radius 2 is 1.71 bits per heavy atom. The minimum Gasteiger partial charge on any atom is -0.491 e. The summed E-state index contributed by atoms with van der Waals surface area (Å²) in [6, 6.07) is 14.3. The van der Waals surface area contributed by atoms with E-state index in [1.165, 1.54) is 37.3 Å². The second-order valence-electron chi connectivity index (χ2n) is 6.71. The van der Waals surface area contributed by atoms with E-state index >= 15 is 0 Å². The van der Waals surface area contributed by atoms with Crippen molar-refractivity contribution in [1.29, 1.82) is 0 Å². The van der Waals surface area contributed by atoms with Crippen LogP contribution < -0.4 is 4.74 Å². The van der Waals surface area contributed by atoms with Gasteiger partial charge >= 0.3 is 5.97 Å². The van der Waals surface area contributed by atoms with Crippen LogP contribution in [0.2, 0.25) is 0 Å². The number of hydrogen-bond donors (Lipinski definition) is 1. The Hall–Kier alpha value is -2.27. The van der Waals surface area contributed by atoms with Crippen molar-refractivity contribution in [2.45, 2.75) is 50.7 Å². The Labute approximate surface area is 173 Å². The summed E-state index contributed by atoms with van der Waals surface area (Å²) in [7, 11) is 0. The molecule has 1 heterocycles. The zero-order chi connectivity index (χ0) is 20.0. The number of aryl methyl sites for hydroxylation is 1. The Morgan fingerprint density at radius 1 is 1.00 bits per heavy atom. The average molecular weight is 399 g/mol. The van der Waals surface area contributed by atoms with Crippen molar-refractivity contribution in [2.24, 2.45) is 0 Å². The van der Waals surface area contributed by atoms with E-state index in [4.69, 9.17) is 22.5 Å². The summed E-state index contributed by atoms with van der Waals surface area (Å²) in [5.74, 6) is -0.0188. The zero-order valence-corrected chi connectivity index (χ0v) is 17.0. The van der Waals surface area contributed by atoms with E-state index in [9.17, 15) is 4.79 Å². The molecule has 1 aromatic carbocycles. The number of carboxylic acids is 1. The standard InChI is InChI=1S/C23H28NO3S/c25-23(26)16-14-21-22(15-13-20(18-28)24-21)27-17-9-4-2-1-3-6-10-19-11-7-5-8-12-19/h5,7-8,11-16H,1-4,6,9-10,17-18H2,(H,25,26). The zero-order valence-electron chi connectivity index (χ0n) is 16.2. The maximum absolute atomic E-state index is 10.8. The average Bonchev–Trinajstić information content (AvgIpc) is 2.72. The van der Waals surface area contributed by atoms with Crippen molar-refractivity contribution in [2.75, 3.05) is 6.61 Å². The van der Waals surface area contributed by atoms with Gasteiger partial charge in [-0.05, 0) is 43.0 Å². The predicted octanol–water partition coefficient (Wildman–Crippen LogP) is 5.84. The fraction of sp³-hybridized carbons (Fsp3) is 0.391. The van der Waals surface area contributed by atoms with Crippen LogP contribution in [0.4, 0.5) is 0 Å². The SMILES string of the molecule is O=C(O)C=Cc1nc(C[S])ccc1OCCCCCCCCc1ccccc1. The summed E-state index contributed by atoms with van der Waals surface area (Å²) in [5, 5.41) is 8.82. The number of ether oxygens (including phenoxy) is 1. The van der Waals surface area contributed by atoms with Crippen LogP contribution in [-0.2, 0) is 17.0 Å². The summed E-state index contributed by atoms with van der Waals surface area (Å²) < 4.78 is 5.81. The molecule has 0 spiro atoms. The van der Waals surface area contributed by atoms with Crippen LogP contribution in [-0.4, -0.2) is 22.7 Å². The fourth-order valence-corrected chi connectivity index (χ4v) is 3.10. The second-order valence-corrected chi connectivity index (χ2v) is 7.00. The van der Waals surface area contributed by atoms with Crippen molar-refractivity contribution in [1.82, 2.24) is 4.98 Å². The summed E-state index contributed by atoms with van der Waals surface area (Å²) >= 11 is 5.01. The molecule has 1 aromatic heterocycles. The van der Waals surface area contributed by atoms with Crippen molar-refractivity contribution in [3.05, 3.63) is 65.5 Å². The Morgan fingerprint density at radius 3 is 2.43 bits per heavy atom. The van der Waals surface area contributed by atoms with E-state index in [2.05, 4.69) is 35.3 Å². The minimum absolute atomic E-state index is 0.387. The molecule has 0 atom stereocenters. The number of rotatable bonds is 13. The smallest absolute Gasteiger partial charge is 0.328 e. The molecule has 2 rings (SSSR count). The molecule has 4 nitrogen and oxygen atoms in total. The van der Waals surface area contributed by atoms with Crippen molar-refractivity contribution in [3.8, 4) is 5.75 Å². The third-order valence-electron chi connectivity index (χ3n) is 4.44. The Bertz CT molecular complexity index is 747. The number of hydrogen-bond acceptors (Lipinski definition) is 3. The van der Waals surface area contributed by atoms with E-state index in [1.54, 1.807) is 0 Å². The van der Waals surface area contributed by atoms with Gasteiger partial charge in [0.2, 0.25) is 0 Å². The van der Waals surface area contributed by atoms with E-state index in [0.29, 0.717) is 23.8 Å². The van der Waals surface area contributed by atoms with E-state index in [0.717, 1.165) is 31.0 Å². The number of carbonyl (C=O) groups is 1. The quantitative estimate of drug-likeness (QED) is 0.340. The maximum atomic E-state index is 10.8. The van der Waals surface area contributed by atoms with Gasteiger partial charge in [-0.25, -0.2) is 9.78 Å². The predicted molar refractivity (Wildman–Crippen MR) is 116 cm³/mol. The molecule has 0 aliphatic carbocycles. The minimum atomic E-state index is -1.01. The first-order valence-electron chi connectivity index (χ1n) is 9.85. The van der Waals surface area contributed by atoms with Crippen molar-refractivity contribution >= 4 is 24.7 Å². The highest BCUT2D eigenvalue weighted by Gasteiger charge is 2.05. The largest absolute Gasteiger partial charge is 0.491 e. The normalized spacial score (nSPS) is 11.0. The summed E-state index contributed by atoms with van der Waals surface area (Å²) in [4.78, 5) is 15.1. The summed E-state index contributed by atoms with van der Waals surface area (Å²) in [6.07, 6.45) is 10.7. The first-order chi connectivity index (χ1) is 13.7. The number of benzene rings is 1. The van der Waals surface area contributed by atoms with Crippen LogP contribution in [0.3, 0.4) is 0 Å². The van der Waals surface area contributed by atoms with Crippen LogP contribution in [0.5, 0.6) is 5.75 Å². The maximum Gasteiger partial charge on any atom is 0.328 e. The lowest BCUT2D eigenvalue weighted by Crippen LogP contribution is -2.01. The van der Waals surface area contributed by atoms with Crippen LogP contribution in [0.25, 0.3) is 6.08 Å². The van der Waals surface area contributed by atoms with Gasteiger partial charge in [0.05, 0.1) is 12.3 Å². The number of aliphatic carboxylic acids is 1. The van der Waals surface area contributed by atoms with Gasteiger partial charge < -0.3 is 9.84 Å². The van der Waals surface area contributed by atoms with E-state index in [1.807, 2.05) is 12.1 Å². The van der Waals surface area contributed by atoms with Crippen LogP contribution in [0.1, 0.15) is 55.5 Å². The molecular formula is C23H28NO3S. The first kappa shape index (κ1) is 22.0. The molecule has 0 aliphatic heterocycles. The van der Waals surface area contributed by atoms with Gasteiger partial charge in [0.15, 0.2) is 0 Å². The molecule has 0 fully saturated rings.